The Bertz CT molecular complexity index is 1190. The molecule has 1 N–H and O–H groups in total. The lowest BCUT2D eigenvalue weighted by molar-refractivity contribution is -0.0375. The van der Waals surface area contributed by atoms with Gasteiger partial charge in [0.05, 0.1) is 44.6 Å². The fourth-order valence-corrected chi connectivity index (χ4v) is 5.58. The molecule has 2 unspecified atom stereocenters. The molecule has 3 saturated heterocycles. The van der Waals surface area contributed by atoms with Crippen molar-refractivity contribution in [3.05, 3.63) is 35.5 Å². The zero-order valence-corrected chi connectivity index (χ0v) is 19.0. The van der Waals surface area contributed by atoms with E-state index in [1.807, 2.05) is 16.9 Å². The highest BCUT2D eigenvalue weighted by atomic mass is 16.5. The van der Waals surface area contributed by atoms with Gasteiger partial charge < -0.3 is 24.2 Å². The van der Waals surface area contributed by atoms with Crippen molar-refractivity contribution in [2.24, 2.45) is 0 Å². The van der Waals surface area contributed by atoms with Gasteiger partial charge in [0.25, 0.3) is 0 Å². The first-order valence-electron chi connectivity index (χ1n) is 11.6. The van der Waals surface area contributed by atoms with Crippen molar-refractivity contribution in [2.75, 3.05) is 45.0 Å². The Kier molecular flexibility index (Phi) is 5.01. The van der Waals surface area contributed by atoms with Gasteiger partial charge in [-0.15, -0.1) is 0 Å². The third kappa shape index (κ3) is 3.46. The highest BCUT2D eigenvalue weighted by Gasteiger charge is 2.51. The average Bonchev–Trinajstić information content (AvgIpc) is 3.57. The summed E-state index contributed by atoms with van der Waals surface area (Å²) in [7, 11) is 1.57. The van der Waals surface area contributed by atoms with Crippen LogP contribution in [-0.2, 0) is 9.47 Å². The van der Waals surface area contributed by atoms with Crippen LogP contribution < -0.4 is 9.64 Å². The van der Waals surface area contributed by atoms with Crippen LogP contribution in [0.25, 0.3) is 16.7 Å². The van der Waals surface area contributed by atoms with E-state index in [4.69, 9.17) is 14.2 Å². The lowest BCUT2D eigenvalue weighted by Gasteiger charge is -2.32. The lowest BCUT2D eigenvalue weighted by atomic mass is 9.88. The fourth-order valence-electron chi connectivity index (χ4n) is 5.58. The molecule has 0 radical (unpaired) electrons. The molecule has 5 heterocycles. The highest BCUT2D eigenvalue weighted by molar-refractivity contribution is 5.82. The maximum absolute atomic E-state index is 9.86. The molecule has 3 aliphatic heterocycles. The van der Waals surface area contributed by atoms with Crippen LogP contribution in [0.15, 0.2) is 24.4 Å². The summed E-state index contributed by atoms with van der Waals surface area (Å²) in [5, 5.41) is 15.6. The van der Waals surface area contributed by atoms with Crippen LogP contribution in [0.2, 0.25) is 0 Å². The van der Waals surface area contributed by atoms with Crippen LogP contribution in [0, 0.1) is 6.92 Å². The Morgan fingerprint density at radius 1 is 1.18 bits per heavy atom. The molecule has 0 aliphatic carbocycles. The second-order valence-electron chi connectivity index (χ2n) is 9.42. The number of aliphatic hydroxyl groups excluding tert-OH is 1. The SMILES string of the molecule is COc1nc(N2CC3(CO)CC2CO3)cc(-n2ncc3cc(C)c(C4CCOCC4)cc32)n1. The normalized spacial score (nSPS) is 25.3. The monoisotopic (exact) mass is 451 g/mol. The molecule has 0 saturated carbocycles. The van der Waals surface area contributed by atoms with Crippen LogP contribution >= 0.6 is 0 Å². The molecule has 174 valence electrons. The van der Waals surface area contributed by atoms with Crippen LogP contribution in [0.5, 0.6) is 6.01 Å². The minimum Gasteiger partial charge on any atom is -0.467 e. The summed E-state index contributed by atoms with van der Waals surface area (Å²) in [4.78, 5) is 11.4. The third-order valence-corrected chi connectivity index (χ3v) is 7.37. The number of hydrogen-bond donors (Lipinski definition) is 1. The van der Waals surface area contributed by atoms with Gasteiger partial charge in [0.1, 0.15) is 11.4 Å². The quantitative estimate of drug-likeness (QED) is 0.632. The Morgan fingerprint density at radius 3 is 2.76 bits per heavy atom. The van der Waals surface area contributed by atoms with E-state index in [0.29, 0.717) is 30.9 Å². The summed E-state index contributed by atoms with van der Waals surface area (Å²) in [6.07, 6.45) is 4.76. The van der Waals surface area contributed by atoms with Gasteiger partial charge in [0.15, 0.2) is 5.82 Å². The van der Waals surface area contributed by atoms with Gasteiger partial charge in [-0.05, 0) is 48.9 Å². The van der Waals surface area contributed by atoms with Crippen LogP contribution in [0.1, 0.15) is 36.3 Å². The average molecular weight is 452 g/mol. The van der Waals surface area contributed by atoms with E-state index in [-0.39, 0.29) is 12.6 Å². The molecular formula is C24H29N5O4. The van der Waals surface area contributed by atoms with Crippen molar-refractivity contribution >= 4 is 16.7 Å². The van der Waals surface area contributed by atoms with Gasteiger partial charge in [-0.1, -0.05) is 0 Å². The number of methoxy groups -OCH3 is 1. The minimum atomic E-state index is -0.502. The predicted octanol–water partition coefficient (Wildman–Crippen LogP) is 2.37. The molecule has 33 heavy (non-hydrogen) atoms. The zero-order chi connectivity index (χ0) is 22.6. The number of aliphatic hydroxyl groups is 1. The smallest absolute Gasteiger partial charge is 0.320 e. The van der Waals surface area contributed by atoms with Gasteiger partial charge in [-0.2, -0.15) is 15.1 Å². The van der Waals surface area contributed by atoms with E-state index < -0.39 is 5.60 Å². The number of anilines is 1. The van der Waals surface area contributed by atoms with Crippen molar-refractivity contribution in [3.63, 3.8) is 0 Å². The zero-order valence-electron chi connectivity index (χ0n) is 19.0. The maximum atomic E-state index is 9.86. The molecule has 0 amide bonds. The molecule has 2 bridgehead atoms. The fraction of sp³-hybridized carbons (Fsp3) is 0.542. The topological polar surface area (TPSA) is 94.8 Å². The van der Waals surface area contributed by atoms with Crippen molar-refractivity contribution in [1.29, 1.82) is 0 Å². The lowest BCUT2D eigenvalue weighted by Crippen LogP contribution is -2.45. The van der Waals surface area contributed by atoms with Crippen molar-refractivity contribution < 1.29 is 19.3 Å². The third-order valence-electron chi connectivity index (χ3n) is 7.37. The van der Waals surface area contributed by atoms with Gasteiger partial charge in [-0.3, -0.25) is 0 Å². The van der Waals surface area contributed by atoms with E-state index in [1.165, 1.54) is 11.1 Å². The maximum Gasteiger partial charge on any atom is 0.320 e. The number of hydrogen-bond acceptors (Lipinski definition) is 8. The number of morpholine rings is 1. The molecular weight excluding hydrogens is 422 g/mol. The van der Waals surface area contributed by atoms with E-state index in [0.717, 1.165) is 49.2 Å². The van der Waals surface area contributed by atoms with Crippen molar-refractivity contribution in [3.8, 4) is 11.8 Å². The first-order valence-corrected chi connectivity index (χ1v) is 11.6. The van der Waals surface area contributed by atoms with E-state index in [1.54, 1.807) is 7.11 Å². The number of nitrogens with zero attached hydrogens (tertiary/aromatic N) is 5. The molecule has 9 heteroatoms. The Balaban J connectivity index is 1.42. The number of ether oxygens (including phenoxy) is 3. The molecule has 3 fully saturated rings. The summed E-state index contributed by atoms with van der Waals surface area (Å²) < 4.78 is 18.7. The molecule has 2 aromatic heterocycles. The van der Waals surface area contributed by atoms with E-state index in [9.17, 15) is 5.11 Å². The van der Waals surface area contributed by atoms with E-state index in [2.05, 4.69) is 39.0 Å². The van der Waals surface area contributed by atoms with E-state index >= 15 is 0 Å². The molecule has 9 nitrogen and oxygen atoms in total. The minimum absolute atomic E-state index is 0.00715. The summed E-state index contributed by atoms with van der Waals surface area (Å²) in [5.41, 5.74) is 3.16. The van der Waals surface area contributed by atoms with Crippen molar-refractivity contribution in [2.45, 2.75) is 43.7 Å². The molecule has 0 spiro atoms. The second-order valence-corrected chi connectivity index (χ2v) is 9.42. The largest absolute Gasteiger partial charge is 0.467 e. The summed E-state index contributed by atoms with van der Waals surface area (Å²) in [5.74, 6) is 1.92. The summed E-state index contributed by atoms with van der Waals surface area (Å²) in [6.45, 7) is 4.98. The molecule has 3 aliphatic rings. The first kappa shape index (κ1) is 20.8. The van der Waals surface area contributed by atoms with Gasteiger partial charge >= 0.3 is 6.01 Å². The van der Waals surface area contributed by atoms with Crippen LogP contribution in [-0.4, -0.2) is 76.6 Å². The predicted molar refractivity (Wildman–Crippen MR) is 122 cm³/mol. The number of benzene rings is 1. The Labute approximate surface area is 192 Å². The van der Waals surface area contributed by atoms with Crippen LogP contribution in [0.4, 0.5) is 5.82 Å². The number of rotatable bonds is 5. The summed E-state index contributed by atoms with van der Waals surface area (Å²) in [6, 6.07) is 6.90. The first-order chi connectivity index (χ1) is 16.1. The standard InChI is InChI=1S/C24H29N5O4/c1-15-7-17-11-25-29(20(17)8-19(15)16-3-5-32-6-4-16)22-9-21(26-23(27-22)31-2)28-13-24(14-30)10-18(28)12-33-24/h7-9,11,16,18,30H,3-6,10,12-14H2,1-2H3. The molecule has 6 rings (SSSR count). The molecule has 1 aromatic carbocycles. The van der Waals surface area contributed by atoms with Gasteiger partial charge in [-0.25, -0.2) is 4.68 Å². The number of fused-ring (bicyclic) bond motifs is 3. The summed E-state index contributed by atoms with van der Waals surface area (Å²) >= 11 is 0. The van der Waals surface area contributed by atoms with Crippen LogP contribution in [0.3, 0.4) is 0 Å². The molecule has 2 atom stereocenters. The number of aromatic nitrogens is 4. The second kappa shape index (κ2) is 7.93. The van der Waals surface area contributed by atoms with Gasteiger partial charge in [0.2, 0.25) is 0 Å². The van der Waals surface area contributed by atoms with Gasteiger partial charge in [0, 0.05) is 31.1 Å². The Morgan fingerprint density at radius 2 is 2.00 bits per heavy atom. The highest BCUT2D eigenvalue weighted by Crippen LogP contribution is 2.40. The van der Waals surface area contributed by atoms with Crippen molar-refractivity contribution in [1.82, 2.24) is 19.7 Å². The Hall–Kier alpha value is -2.75. The molecule has 3 aromatic rings. The number of aryl methyl sites for hydroxylation is 1.